The summed E-state index contributed by atoms with van der Waals surface area (Å²) in [5.74, 6) is 1.07. The molecule has 0 bridgehead atoms. The maximum atomic E-state index is 11.8. The summed E-state index contributed by atoms with van der Waals surface area (Å²) in [6.07, 6.45) is 0. The largest absolute Gasteiger partial charge is 0.360 e. The highest BCUT2D eigenvalue weighted by Gasteiger charge is 2.08. The highest BCUT2D eigenvalue weighted by atomic mass is 35.5. The molecule has 0 spiro atoms. The average molecular weight is 361 g/mol. The van der Waals surface area contributed by atoms with Crippen molar-refractivity contribution in [2.45, 2.75) is 11.9 Å². The number of amides is 1. The van der Waals surface area contributed by atoms with Gasteiger partial charge < -0.3 is 9.84 Å². The summed E-state index contributed by atoms with van der Waals surface area (Å²) >= 11 is 7.16. The number of aryl methyl sites for hydroxylation is 1. The molecule has 0 saturated heterocycles. The number of thioether (sulfide) groups is 1. The first-order chi connectivity index (χ1) is 11.6. The minimum Gasteiger partial charge on any atom is -0.360 e. The number of hydrogen-bond donors (Lipinski definition) is 1. The summed E-state index contributed by atoms with van der Waals surface area (Å²) in [6.45, 7) is 1.76. The standard InChI is InChI=1S/C16H13ClN4O2S/c1-10-8-14(21-23-10)18-15(22)9-24-16-7-6-13(19-20-16)11-2-4-12(17)5-3-11/h2-8H,9H2,1H3,(H,18,21,22). The fraction of sp³-hybridized carbons (Fsp3) is 0.125. The van der Waals surface area contributed by atoms with E-state index in [1.54, 1.807) is 25.1 Å². The molecule has 6 nitrogen and oxygen atoms in total. The van der Waals surface area contributed by atoms with Crippen LogP contribution in [0.1, 0.15) is 5.76 Å². The summed E-state index contributed by atoms with van der Waals surface area (Å²) in [4.78, 5) is 11.8. The topological polar surface area (TPSA) is 80.9 Å². The Labute approximate surface area is 147 Å². The van der Waals surface area contributed by atoms with Crippen molar-refractivity contribution in [2.24, 2.45) is 0 Å². The van der Waals surface area contributed by atoms with E-state index in [0.717, 1.165) is 11.3 Å². The number of anilines is 1. The lowest BCUT2D eigenvalue weighted by atomic mass is 10.1. The van der Waals surface area contributed by atoms with E-state index >= 15 is 0 Å². The number of carbonyl (C=O) groups excluding carboxylic acids is 1. The van der Waals surface area contributed by atoms with Crippen LogP contribution in [0.2, 0.25) is 5.02 Å². The van der Waals surface area contributed by atoms with Gasteiger partial charge in [0.25, 0.3) is 0 Å². The second-order valence-electron chi connectivity index (χ2n) is 4.92. The van der Waals surface area contributed by atoms with Gasteiger partial charge in [0.15, 0.2) is 5.82 Å². The monoisotopic (exact) mass is 360 g/mol. The van der Waals surface area contributed by atoms with Gasteiger partial charge in [0.05, 0.1) is 11.4 Å². The second-order valence-corrected chi connectivity index (χ2v) is 6.36. The Morgan fingerprint density at radius 2 is 2.00 bits per heavy atom. The number of carbonyl (C=O) groups is 1. The number of nitrogens with zero attached hydrogens (tertiary/aromatic N) is 3. The molecule has 0 fully saturated rings. The van der Waals surface area contributed by atoms with Gasteiger partial charge in [-0.1, -0.05) is 40.7 Å². The van der Waals surface area contributed by atoms with Gasteiger partial charge in [0.2, 0.25) is 5.91 Å². The van der Waals surface area contributed by atoms with E-state index in [9.17, 15) is 4.79 Å². The average Bonchev–Trinajstić information content (AvgIpc) is 2.99. The van der Waals surface area contributed by atoms with Crippen LogP contribution in [0.4, 0.5) is 5.82 Å². The summed E-state index contributed by atoms with van der Waals surface area (Å²) in [6, 6.07) is 12.7. The van der Waals surface area contributed by atoms with Crippen molar-refractivity contribution < 1.29 is 9.32 Å². The minimum atomic E-state index is -0.183. The Hall–Kier alpha value is -2.38. The van der Waals surface area contributed by atoms with E-state index in [1.807, 2.05) is 24.3 Å². The fourth-order valence-electron chi connectivity index (χ4n) is 1.92. The van der Waals surface area contributed by atoms with Gasteiger partial charge >= 0.3 is 0 Å². The van der Waals surface area contributed by atoms with Crippen molar-refractivity contribution in [3.05, 3.63) is 53.2 Å². The Kier molecular flexibility index (Phi) is 5.12. The van der Waals surface area contributed by atoms with Crippen LogP contribution in [-0.2, 0) is 4.79 Å². The summed E-state index contributed by atoms with van der Waals surface area (Å²) in [7, 11) is 0. The zero-order chi connectivity index (χ0) is 16.9. The minimum absolute atomic E-state index is 0.183. The highest BCUT2D eigenvalue weighted by Crippen LogP contribution is 2.21. The van der Waals surface area contributed by atoms with Crippen LogP contribution in [0.15, 0.2) is 52.0 Å². The molecule has 1 N–H and O–H groups in total. The molecule has 1 aromatic carbocycles. The van der Waals surface area contributed by atoms with Crippen molar-refractivity contribution in [3.8, 4) is 11.3 Å². The van der Waals surface area contributed by atoms with Gasteiger partial charge in [-0.25, -0.2) is 0 Å². The van der Waals surface area contributed by atoms with Gasteiger partial charge in [0, 0.05) is 16.7 Å². The van der Waals surface area contributed by atoms with Crippen LogP contribution in [0.25, 0.3) is 11.3 Å². The normalized spacial score (nSPS) is 10.6. The van der Waals surface area contributed by atoms with Crippen LogP contribution in [0, 0.1) is 6.92 Å². The first-order valence-corrected chi connectivity index (χ1v) is 8.42. The van der Waals surface area contributed by atoms with E-state index in [4.69, 9.17) is 16.1 Å². The third-order valence-electron chi connectivity index (χ3n) is 3.03. The van der Waals surface area contributed by atoms with Crippen LogP contribution < -0.4 is 5.32 Å². The maximum Gasteiger partial charge on any atom is 0.236 e. The number of rotatable bonds is 5. The smallest absolute Gasteiger partial charge is 0.236 e. The quantitative estimate of drug-likeness (QED) is 0.696. The van der Waals surface area contributed by atoms with Crippen LogP contribution in [0.5, 0.6) is 0 Å². The molecule has 122 valence electrons. The lowest BCUT2D eigenvalue weighted by molar-refractivity contribution is -0.113. The number of hydrogen-bond acceptors (Lipinski definition) is 6. The Morgan fingerprint density at radius 1 is 1.21 bits per heavy atom. The third kappa shape index (κ3) is 4.33. The van der Waals surface area contributed by atoms with Crippen molar-refractivity contribution in [3.63, 3.8) is 0 Å². The number of aromatic nitrogens is 3. The van der Waals surface area contributed by atoms with Crippen LogP contribution in [-0.4, -0.2) is 27.0 Å². The highest BCUT2D eigenvalue weighted by molar-refractivity contribution is 7.99. The zero-order valence-electron chi connectivity index (χ0n) is 12.7. The Morgan fingerprint density at radius 3 is 2.62 bits per heavy atom. The first kappa shape index (κ1) is 16.5. The SMILES string of the molecule is Cc1cc(NC(=O)CSc2ccc(-c3ccc(Cl)cc3)nn2)no1. The van der Waals surface area contributed by atoms with Crippen molar-refractivity contribution in [1.82, 2.24) is 15.4 Å². The molecule has 0 unspecified atom stereocenters. The second kappa shape index (κ2) is 7.46. The van der Waals surface area contributed by atoms with Gasteiger partial charge in [-0.3, -0.25) is 4.79 Å². The van der Waals surface area contributed by atoms with Gasteiger partial charge in [0.1, 0.15) is 10.8 Å². The Balaban J connectivity index is 1.56. The maximum absolute atomic E-state index is 11.8. The van der Waals surface area contributed by atoms with Gasteiger partial charge in [-0.2, -0.15) is 0 Å². The Bertz CT molecular complexity index is 834. The molecule has 2 heterocycles. The van der Waals surface area contributed by atoms with E-state index in [2.05, 4.69) is 20.7 Å². The molecule has 0 aliphatic rings. The van der Waals surface area contributed by atoms with Crippen molar-refractivity contribution >= 4 is 35.1 Å². The predicted octanol–water partition coefficient (Wildman–Crippen LogP) is 3.82. The molecule has 8 heteroatoms. The third-order valence-corrected chi connectivity index (χ3v) is 4.20. The molecule has 0 atom stereocenters. The molecule has 3 aromatic rings. The van der Waals surface area contributed by atoms with Gasteiger partial charge in [-0.15, -0.1) is 10.2 Å². The summed E-state index contributed by atoms with van der Waals surface area (Å²) in [5.41, 5.74) is 1.68. The van der Waals surface area contributed by atoms with Crippen LogP contribution >= 0.6 is 23.4 Å². The lowest BCUT2D eigenvalue weighted by Gasteiger charge is -2.03. The van der Waals surface area contributed by atoms with Crippen LogP contribution in [0.3, 0.4) is 0 Å². The number of nitrogens with one attached hydrogen (secondary N) is 1. The molecule has 3 rings (SSSR count). The first-order valence-electron chi connectivity index (χ1n) is 7.06. The lowest BCUT2D eigenvalue weighted by Crippen LogP contribution is -2.14. The number of halogens is 1. The molecule has 0 saturated carbocycles. The van der Waals surface area contributed by atoms with E-state index in [0.29, 0.717) is 21.6 Å². The molecule has 24 heavy (non-hydrogen) atoms. The predicted molar refractivity (Wildman–Crippen MR) is 93.1 cm³/mol. The molecular weight excluding hydrogens is 348 g/mol. The molecular formula is C16H13ClN4O2S. The molecule has 1 amide bonds. The number of benzene rings is 1. The summed E-state index contributed by atoms with van der Waals surface area (Å²) in [5, 5.41) is 16.0. The van der Waals surface area contributed by atoms with Crippen molar-refractivity contribution in [1.29, 1.82) is 0 Å². The molecule has 2 aromatic heterocycles. The van der Waals surface area contributed by atoms with Gasteiger partial charge in [-0.05, 0) is 31.2 Å². The van der Waals surface area contributed by atoms with E-state index < -0.39 is 0 Å². The molecule has 0 radical (unpaired) electrons. The zero-order valence-corrected chi connectivity index (χ0v) is 14.3. The molecule has 0 aliphatic heterocycles. The van der Waals surface area contributed by atoms with E-state index in [1.165, 1.54) is 11.8 Å². The fourth-order valence-corrected chi connectivity index (χ4v) is 2.66. The van der Waals surface area contributed by atoms with Crippen molar-refractivity contribution in [2.75, 3.05) is 11.1 Å². The summed E-state index contributed by atoms with van der Waals surface area (Å²) < 4.78 is 4.89. The molecule has 0 aliphatic carbocycles. The van der Waals surface area contributed by atoms with E-state index in [-0.39, 0.29) is 11.7 Å².